The van der Waals surface area contributed by atoms with Gasteiger partial charge in [-0.05, 0) is 37.1 Å². The fourth-order valence-corrected chi connectivity index (χ4v) is 3.00. The van der Waals surface area contributed by atoms with Crippen molar-refractivity contribution in [3.05, 3.63) is 47.7 Å². The second kappa shape index (κ2) is 6.88. The fraction of sp³-hybridized carbons (Fsp3) is 0.333. The average Bonchev–Trinajstić information content (AvgIpc) is 3.29. The number of amides is 2. The minimum atomic E-state index is -0.295. The Hall–Kier alpha value is -2.60. The number of likely N-dealkylation sites (tertiary alicyclic amines) is 1. The van der Waals surface area contributed by atoms with Crippen LogP contribution in [0.3, 0.4) is 0 Å². The fourth-order valence-electron chi connectivity index (χ4n) is 3.00. The van der Waals surface area contributed by atoms with E-state index in [1.165, 1.54) is 7.05 Å². The molecule has 126 valence electrons. The Morgan fingerprint density at radius 2 is 2.17 bits per heavy atom. The molecule has 0 unspecified atom stereocenters. The van der Waals surface area contributed by atoms with Gasteiger partial charge in [0.25, 0.3) is 11.8 Å². The Balaban J connectivity index is 1.85. The molecule has 1 saturated heterocycles. The number of rotatable bonds is 4. The molecule has 1 atom stereocenters. The number of hydrogen-bond acceptors (Lipinski definition) is 4. The quantitative estimate of drug-likeness (QED) is 0.898. The highest BCUT2D eigenvalue weighted by atomic mass is 16.3. The summed E-state index contributed by atoms with van der Waals surface area (Å²) < 4.78 is 5.55. The van der Waals surface area contributed by atoms with Crippen LogP contribution >= 0.6 is 0 Å². The first-order chi connectivity index (χ1) is 11.6. The zero-order valence-corrected chi connectivity index (χ0v) is 13.5. The Morgan fingerprint density at radius 3 is 2.92 bits per heavy atom. The van der Waals surface area contributed by atoms with Crippen LogP contribution in [0.25, 0.3) is 11.3 Å². The molecule has 1 aromatic carbocycles. The predicted octanol–water partition coefficient (Wildman–Crippen LogP) is 1.90. The maximum atomic E-state index is 12.7. The van der Waals surface area contributed by atoms with E-state index < -0.39 is 0 Å². The molecule has 2 heterocycles. The number of carbonyl (C=O) groups excluding carboxylic acids is 2. The predicted molar refractivity (Wildman–Crippen MR) is 88.7 cm³/mol. The van der Waals surface area contributed by atoms with E-state index in [2.05, 4.69) is 5.32 Å². The molecule has 0 bridgehead atoms. The van der Waals surface area contributed by atoms with Crippen LogP contribution < -0.4 is 5.32 Å². The number of nitrogens with one attached hydrogen (secondary N) is 1. The maximum Gasteiger partial charge on any atom is 0.286 e. The van der Waals surface area contributed by atoms with Crippen LogP contribution in [0.1, 0.15) is 33.8 Å². The number of hydrogen-bond donors (Lipinski definition) is 2. The molecule has 1 aliphatic heterocycles. The highest BCUT2D eigenvalue weighted by Gasteiger charge is 2.28. The van der Waals surface area contributed by atoms with E-state index in [1.807, 2.05) is 6.07 Å². The smallest absolute Gasteiger partial charge is 0.286 e. The monoisotopic (exact) mass is 328 g/mol. The number of nitrogens with zero attached hydrogens (tertiary/aromatic N) is 1. The van der Waals surface area contributed by atoms with E-state index in [1.54, 1.807) is 35.2 Å². The topological polar surface area (TPSA) is 82.8 Å². The van der Waals surface area contributed by atoms with Crippen LogP contribution in [-0.4, -0.2) is 48.1 Å². The summed E-state index contributed by atoms with van der Waals surface area (Å²) in [6, 6.07) is 10.3. The van der Waals surface area contributed by atoms with E-state index in [9.17, 15) is 14.7 Å². The van der Waals surface area contributed by atoms with Gasteiger partial charge in [0.1, 0.15) is 5.76 Å². The second-order valence-corrected chi connectivity index (χ2v) is 5.80. The molecule has 3 rings (SSSR count). The number of aliphatic hydroxyl groups excluding tert-OH is 1. The van der Waals surface area contributed by atoms with Gasteiger partial charge in [-0.1, -0.05) is 12.1 Å². The van der Waals surface area contributed by atoms with E-state index in [0.717, 1.165) is 18.4 Å². The molecule has 1 aliphatic rings. The molecular weight excluding hydrogens is 308 g/mol. The Labute approximate surface area is 140 Å². The van der Waals surface area contributed by atoms with Crippen molar-refractivity contribution in [2.75, 3.05) is 20.2 Å². The van der Waals surface area contributed by atoms with Crippen molar-refractivity contribution >= 4 is 11.8 Å². The number of aliphatic hydroxyl groups is 1. The van der Waals surface area contributed by atoms with Crippen molar-refractivity contribution in [3.63, 3.8) is 0 Å². The molecule has 6 nitrogen and oxygen atoms in total. The lowest BCUT2D eigenvalue weighted by Gasteiger charge is -2.23. The minimum Gasteiger partial charge on any atom is -0.451 e. The van der Waals surface area contributed by atoms with Gasteiger partial charge in [-0.2, -0.15) is 0 Å². The van der Waals surface area contributed by atoms with Gasteiger partial charge in [0.2, 0.25) is 0 Å². The molecular formula is C18H20N2O4. The first kappa shape index (κ1) is 16.3. The van der Waals surface area contributed by atoms with Crippen molar-refractivity contribution < 1.29 is 19.1 Å². The van der Waals surface area contributed by atoms with Gasteiger partial charge in [0.15, 0.2) is 5.76 Å². The lowest BCUT2D eigenvalue weighted by Crippen LogP contribution is -2.37. The SMILES string of the molecule is CNC(=O)c1ccc(-c2cccc(C(=O)N3CCC[C@H]3CO)c2)o1. The summed E-state index contributed by atoms with van der Waals surface area (Å²) >= 11 is 0. The lowest BCUT2D eigenvalue weighted by atomic mass is 10.1. The van der Waals surface area contributed by atoms with Gasteiger partial charge in [0.05, 0.1) is 12.6 Å². The van der Waals surface area contributed by atoms with Crippen LogP contribution in [0.2, 0.25) is 0 Å². The molecule has 2 amide bonds. The van der Waals surface area contributed by atoms with Crippen molar-refractivity contribution in [1.29, 1.82) is 0 Å². The normalized spacial score (nSPS) is 17.1. The first-order valence-electron chi connectivity index (χ1n) is 7.98. The zero-order valence-electron chi connectivity index (χ0n) is 13.5. The Kier molecular flexibility index (Phi) is 4.66. The van der Waals surface area contributed by atoms with Gasteiger partial charge >= 0.3 is 0 Å². The van der Waals surface area contributed by atoms with Gasteiger partial charge in [-0.15, -0.1) is 0 Å². The number of carbonyl (C=O) groups is 2. The third kappa shape index (κ3) is 3.05. The summed E-state index contributed by atoms with van der Waals surface area (Å²) in [4.78, 5) is 26.0. The molecule has 0 radical (unpaired) electrons. The van der Waals surface area contributed by atoms with Crippen LogP contribution in [0.15, 0.2) is 40.8 Å². The largest absolute Gasteiger partial charge is 0.451 e. The van der Waals surface area contributed by atoms with Gasteiger partial charge < -0.3 is 19.7 Å². The standard InChI is InChI=1S/C18H20N2O4/c1-19-17(22)16-8-7-15(24-16)12-4-2-5-13(10-12)18(23)20-9-3-6-14(20)11-21/h2,4-5,7-8,10,14,21H,3,6,9,11H2,1H3,(H,19,22)/t14-/m0/s1. The van der Waals surface area contributed by atoms with E-state index in [-0.39, 0.29) is 30.2 Å². The molecule has 0 spiro atoms. The van der Waals surface area contributed by atoms with E-state index in [0.29, 0.717) is 17.9 Å². The average molecular weight is 328 g/mol. The third-order valence-electron chi connectivity index (χ3n) is 4.30. The van der Waals surface area contributed by atoms with E-state index >= 15 is 0 Å². The zero-order chi connectivity index (χ0) is 17.1. The molecule has 2 N–H and O–H groups in total. The molecule has 2 aromatic rings. The van der Waals surface area contributed by atoms with Crippen LogP contribution in [0.4, 0.5) is 0 Å². The lowest BCUT2D eigenvalue weighted by molar-refractivity contribution is 0.0677. The molecule has 6 heteroatoms. The number of furan rings is 1. The van der Waals surface area contributed by atoms with Crippen molar-refractivity contribution in [1.82, 2.24) is 10.2 Å². The summed E-state index contributed by atoms with van der Waals surface area (Å²) in [6.07, 6.45) is 1.74. The molecule has 0 aliphatic carbocycles. The highest BCUT2D eigenvalue weighted by Crippen LogP contribution is 2.25. The summed E-state index contributed by atoms with van der Waals surface area (Å²) in [5, 5.41) is 11.9. The summed E-state index contributed by atoms with van der Waals surface area (Å²) in [5.41, 5.74) is 1.28. The van der Waals surface area contributed by atoms with Crippen molar-refractivity contribution in [3.8, 4) is 11.3 Å². The molecule has 1 aromatic heterocycles. The minimum absolute atomic E-state index is 0.0148. The third-order valence-corrected chi connectivity index (χ3v) is 4.30. The summed E-state index contributed by atoms with van der Waals surface area (Å²) in [5.74, 6) is 0.371. The second-order valence-electron chi connectivity index (χ2n) is 5.80. The van der Waals surface area contributed by atoms with Gasteiger partial charge in [-0.3, -0.25) is 9.59 Å². The van der Waals surface area contributed by atoms with Crippen molar-refractivity contribution in [2.45, 2.75) is 18.9 Å². The van der Waals surface area contributed by atoms with Gasteiger partial charge in [0, 0.05) is 24.7 Å². The van der Waals surface area contributed by atoms with Crippen LogP contribution in [0, 0.1) is 0 Å². The molecule has 1 fully saturated rings. The molecule has 24 heavy (non-hydrogen) atoms. The highest BCUT2D eigenvalue weighted by molar-refractivity contribution is 5.96. The Morgan fingerprint density at radius 1 is 1.33 bits per heavy atom. The first-order valence-corrected chi connectivity index (χ1v) is 7.98. The summed E-state index contributed by atoms with van der Waals surface area (Å²) in [6.45, 7) is 0.648. The van der Waals surface area contributed by atoms with E-state index in [4.69, 9.17) is 4.42 Å². The Bertz CT molecular complexity index is 753. The summed E-state index contributed by atoms with van der Waals surface area (Å²) in [7, 11) is 1.54. The van der Waals surface area contributed by atoms with Crippen molar-refractivity contribution in [2.24, 2.45) is 0 Å². The van der Waals surface area contributed by atoms with Crippen LogP contribution in [0.5, 0.6) is 0 Å². The molecule has 0 saturated carbocycles. The van der Waals surface area contributed by atoms with Crippen LogP contribution in [-0.2, 0) is 0 Å². The maximum absolute atomic E-state index is 12.7. The van der Waals surface area contributed by atoms with Gasteiger partial charge in [-0.25, -0.2) is 0 Å². The number of benzene rings is 1.